The van der Waals surface area contributed by atoms with Gasteiger partial charge in [-0.1, -0.05) is 126 Å². The number of aliphatic hydroxyl groups is 4. The van der Waals surface area contributed by atoms with E-state index < -0.39 is 192 Å². The maximum absolute atomic E-state index is 15.4. The van der Waals surface area contributed by atoms with Crippen molar-refractivity contribution in [2.45, 2.75) is 207 Å². The van der Waals surface area contributed by atoms with Crippen LogP contribution in [-0.4, -0.2) is 190 Å². The molecule has 21 N–H and O–H groups in total. The summed E-state index contributed by atoms with van der Waals surface area (Å²) < 4.78 is 0. The summed E-state index contributed by atoms with van der Waals surface area (Å²) in [6, 6.07) is -10.8. The molecule has 1 saturated heterocycles. The molecule has 0 bridgehead atoms. The van der Waals surface area contributed by atoms with E-state index in [2.05, 4.69) is 63.5 Å². The van der Waals surface area contributed by atoms with E-state index in [0.717, 1.165) is 6.92 Å². The third-order valence-electron chi connectivity index (χ3n) is 14.9. The number of aliphatic hydroxyl groups excluding tert-OH is 4. The van der Waals surface area contributed by atoms with Crippen LogP contribution in [0.1, 0.15) is 140 Å². The molecule has 15 atom stereocenters. The summed E-state index contributed by atoms with van der Waals surface area (Å²) >= 11 is 0. The molecule has 2 rings (SSSR count). The zero-order chi connectivity index (χ0) is 67.8. The molecule has 1 aliphatic heterocycles. The minimum absolute atomic E-state index is 0.0237. The van der Waals surface area contributed by atoms with E-state index in [1.54, 1.807) is 54.5 Å². The van der Waals surface area contributed by atoms with Gasteiger partial charge in [0.2, 0.25) is 65.0 Å². The highest BCUT2D eigenvalue weighted by Crippen LogP contribution is 2.25. The number of hydrogen-bond donors (Lipinski definition) is 18. The van der Waals surface area contributed by atoms with Gasteiger partial charge in [-0.2, -0.15) is 0 Å². The second-order valence-corrected chi connectivity index (χ2v) is 25.5. The third kappa shape index (κ3) is 25.8. The lowest BCUT2D eigenvalue weighted by Crippen LogP contribution is -2.65. The highest BCUT2D eigenvalue weighted by atomic mass is 16.3. The van der Waals surface area contributed by atoms with Gasteiger partial charge in [-0.25, -0.2) is 0 Å². The van der Waals surface area contributed by atoms with E-state index in [4.69, 9.17) is 17.2 Å². The number of carbonyl (C=O) groups is 11. The molecule has 30 heteroatoms. The Balaban J connectivity index is 3.10. The van der Waals surface area contributed by atoms with Gasteiger partial charge in [-0.3, -0.25) is 57.7 Å². The predicted molar refractivity (Wildman–Crippen MR) is 329 cm³/mol. The minimum Gasteiger partial charge on any atom is -0.394 e. The summed E-state index contributed by atoms with van der Waals surface area (Å²) in [7, 11) is 0. The normalized spacial score (nSPS) is 25.1. The van der Waals surface area contributed by atoms with Crippen LogP contribution in [-0.2, 0) is 52.7 Å². The van der Waals surface area contributed by atoms with Crippen molar-refractivity contribution in [2.24, 2.45) is 50.8 Å². The average Bonchev–Trinajstić information content (AvgIpc) is 3.60. The maximum atomic E-state index is 15.4. The number of nitrogens with two attached hydrogens (primary N) is 3. The van der Waals surface area contributed by atoms with Crippen LogP contribution in [0.2, 0.25) is 0 Å². The average molecular weight is 1260 g/mol. The lowest BCUT2D eigenvalue weighted by atomic mass is 9.86. The lowest BCUT2D eigenvalue weighted by molar-refractivity contribution is -0.139. The Morgan fingerprint density at radius 3 is 1.58 bits per heavy atom. The van der Waals surface area contributed by atoms with E-state index in [9.17, 15) is 68.4 Å². The number of nitrogens with zero attached hydrogens (tertiary/aromatic N) is 1. The number of aliphatic imine (C=N–C) groups is 1. The van der Waals surface area contributed by atoms with Crippen molar-refractivity contribution in [3.8, 4) is 0 Å². The summed E-state index contributed by atoms with van der Waals surface area (Å²) in [6.07, 6.45) is -2.84. The van der Waals surface area contributed by atoms with Crippen molar-refractivity contribution in [3.63, 3.8) is 0 Å². The van der Waals surface area contributed by atoms with Gasteiger partial charge >= 0.3 is 0 Å². The summed E-state index contributed by atoms with van der Waals surface area (Å²) in [4.78, 5) is 162. The number of rotatable bonds is 20. The minimum atomic E-state index is -2.03. The second-order valence-electron chi connectivity index (χ2n) is 25.5. The van der Waals surface area contributed by atoms with Gasteiger partial charge in [-0.05, 0) is 66.8 Å². The second kappa shape index (κ2) is 36.2. The Hall–Kier alpha value is -7.54. The van der Waals surface area contributed by atoms with E-state index in [0.29, 0.717) is 0 Å². The number of hydrogen-bond acceptors (Lipinski definition) is 17. The lowest BCUT2D eigenvalue weighted by Gasteiger charge is -2.35. The number of amides is 11. The number of guanidine groups is 1. The van der Waals surface area contributed by atoms with Gasteiger partial charge in [0, 0.05) is 6.54 Å². The van der Waals surface area contributed by atoms with Crippen molar-refractivity contribution in [3.05, 3.63) is 35.9 Å². The first-order valence-corrected chi connectivity index (χ1v) is 30.1. The molecule has 89 heavy (non-hydrogen) atoms. The van der Waals surface area contributed by atoms with Crippen LogP contribution in [0, 0.1) is 28.6 Å². The van der Waals surface area contributed by atoms with Crippen molar-refractivity contribution in [1.29, 1.82) is 0 Å². The van der Waals surface area contributed by atoms with Gasteiger partial charge in [0.25, 0.3) is 0 Å². The molecule has 1 aromatic rings. The molecular formula is C59H101N15O15. The molecule has 0 aromatic heterocycles. The van der Waals surface area contributed by atoms with Crippen molar-refractivity contribution in [1.82, 2.24) is 58.5 Å². The molecule has 1 aliphatic rings. The fourth-order valence-electron chi connectivity index (χ4n) is 9.38. The molecule has 0 spiro atoms. The molecule has 1 fully saturated rings. The fraction of sp³-hybridized carbons (Fsp3) is 0.695. The van der Waals surface area contributed by atoms with Crippen LogP contribution in [0.25, 0.3) is 0 Å². The first-order chi connectivity index (χ1) is 41.4. The first kappa shape index (κ1) is 77.6. The molecular weight excluding hydrogens is 1160 g/mol. The zero-order valence-electron chi connectivity index (χ0n) is 53.7. The number of benzene rings is 1. The van der Waals surface area contributed by atoms with Crippen LogP contribution >= 0.6 is 0 Å². The number of carbonyl (C=O) groups excluding carboxylic acids is 11. The Labute approximate surface area is 521 Å². The number of nitrogens with one attached hydrogen (secondary N) is 11. The molecule has 0 saturated carbocycles. The fourth-order valence-corrected chi connectivity index (χ4v) is 9.38. The van der Waals surface area contributed by atoms with Gasteiger partial charge in [-0.15, -0.1) is 0 Å². The summed E-state index contributed by atoms with van der Waals surface area (Å²) in [5.41, 5.74) is 16.4. The van der Waals surface area contributed by atoms with Gasteiger partial charge in [0.1, 0.15) is 54.4 Å². The van der Waals surface area contributed by atoms with E-state index >= 15 is 4.79 Å². The van der Waals surface area contributed by atoms with E-state index in [1.807, 2.05) is 20.8 Å². The summed E-state index contributed by atoms with van der Waals surface area (Å²) in [5, 5.41) is 71.1. The molecule has 2 unspecified atom stereocenters. The summed E-state index contributed by atoms with van der Waals surface area (Å²) in [6.45, 7) is 18.6. The monoisotopic (exact) mass is 1260 g/mol. The highest BCUT2D eigenvalue weighted by Gasteiger charge is 2.43. The molecule has 11 amide bonds. The van der Waals surface area contributed by atoms with Gasteiger partial charge < -0.3 is 96.1 Å². The third-order valence-corrected chi connectivity index (χ3v) is 14.9. The van der Waals surface area contributed by atoms with Crippen LogP contribution in [0.15, 0.2) is 35.3 Å². The quantitative estimate of drug-likeness (QED) is 0.0337. The topological polar surface area (TPSA) is 491 Å². The van der Waals surface area contributed by atoms with Gasteiger partial charge in [0.15, 0.2) is 5.96 Å². The standard InChI is InChI=1S/C59H101N15O15/c1-14-30(5)40-53(86)66-35(22-19-23-63-57(61)62)48(81)69-41(31(6)15-2)54(87)71-42(32(7)77)52(85)64-26-39(78)65-37(27-75)50(83)68-38(28-76)51(84)72-43(33-20-17-16-18-21-33)44(55(88)74-45(56(89)70-40)46(79)29(3)4)73-49(82)36(25-59(11,12)13)67-47(80)34(60)24-58(8,9)10/h16-18,20-21,29-32,34-38,40-46,75-77,79H,14-15,19,22-28,60H2,1-13H3,(H,64,85)(H,65,78)(H,66,86)(H,67,80)(H,68,83)(H,69,81)(H,70,89)(H,71,87)(H,72,84)(H,73,82)(H,74,88)(H4,61,62,63)/t30-,31-,32-,34+,35+,36-,37-,38?,40?,41-,42-,43+,44-,45-,46+/m0/s1. The molecule has 502 valence electrons. The van der Waals surface area contributed by atoms with Gasteiger partial charge in [0.05, 0.1) is 44.1 Å². The Kier molecular flexibility index (Phi) is 31.5. The van der Waals surface area contributed by atoms with Crippen molar-refractivity contribution in [2.75, 3.05) is 26.3 Å². The smallest absolute Gasteiger partial charge is 0.245 e. The van der Waals surface area contributed by atoms with Crippen LogP contribution in [0.4, 0.5) is 0 Å². The van der Waals surface area contributed by atoms with E-state index in [-0.39, 0.29) is 56.6 Å². The predicted octanol–water partition coefficient (Wildman–Crippen LogP) is -3.94. The molecule has 1 aromatic carbocycles. The van der Waals surface area contributed by atoms with E-state index in [1.165, 1.54) is 38.1 Å². The SMILES string of the molecule is CC[C@H](C)C1NC(=O)[C@H]([C@H](O)C(C)C)NC(=O)[C@@H](NC(=O)[C@H](CC(C)(C)C)NC(=O)[C@H](N)CC(C)(C)C)[C@@H](c2ccccc2)NC(=O)C(CO)NC(=O)[C@H](CO)NC(=O)CNC(=O)[C@H]([C@H](C)O)NC(=O)[C@H]([C@@H](C)CC)NC(=O)[C@@H](CCCN=C(N)N)NC1=O. The highest BCUT2D eigenvalue weighted by molar-refractivity contribution is 6.00. The van der Waals surface area contributed by atoms with Crippen LogP contribution in [0.5, 0.6) is 0 Å². The Bertz CT molecular complexity index is 2590. The molecule has 30 nitrogen and oxygen atoms in total. The van der Waals surface area contributed by atoms with Crippen molar-refractivity contribution < 1.29 is 73.2 Å². The Morgan fingerprint density at radius 1 is 0.607 bits per heavy atom. The van der Waals surface area contributed by atoms with Crippen LogP contribution < -0.4 is 75.7 Å². The summed E-state index contributed by atoms with van der Waals surface area (Å²) in [5.74, 6) is -14.1. The Morgan fingerprint density at radius 2 is 1.08 bits per heavy atom. The largest absolute Gasteiger partial charge is 0.394 e. The maximum Gasteiger partial charge on any atom is 0.245 e. The molecule has 0 radical (unpaired) electrons. The van der Waals surface area contributed by atoms with Crippen LogP contribution in [0.3, 0.4) is 0 Å². The molecule has 1 heterocycles. The van der Waals surface area contributed by atoms with Crippen molar-refractivity contribution >= 4 is 70.9 Å². The zero-order valence-corrected chi connectivity index (χ0v) is 53.7. The first-order valence-electron chi connectivity index (χ1n) is 30.1. The molecule has 0 aliphatic carbocycles.